The van der Waals surface area contributed by atoms with E-state index in [1.54, 1.807) is 11.3 Å². The highest BCUT2D eigenvalue weighted by molar-refractivity contribution is 7.07. The summed E-state index contributed by atoms with van der Waals surface area (Å²) in [6, 6.07) is 7.82. The number of hydrogen-bond donors (Lipinski definition) is 1. The van der Waals surface area contributed by atoms with E-state index in [-0.39, 0.29) is 17.8 Å². The first-order chi connectivity index (χ1) is 11.2. The molecule has 6 heteroatoms. The number of morpholine rings is 1. The van der Waals surface area contributed by atoms with E-state index in [1.165, 1.54) is 29.8 Å². The first-order valence-corrected chi connectivity index (χ1v) is 8.56. The van der Waals surface area contributed by atoms with Crippen LogP contribution >= 0.6 is 11.3 Å². The summed E-state index contributed by atoms with van der Waals surface area (Å²) in [5, 5.41) is 7.13. The quantitative estimate of drug-likeness (QED) is 0.914. The lowest BCUT2D eigenvalue weighted by Crippen LogP contribution is -2.43. The maximum atomic E-state index is 12.9. The average molecular weight is 334 g/mol. The second-order valence-corrected chi connectivity index (χ2v) is 6.22. The van der Waals surface area contributed by atoms with E-state index < -0.39 is 0 Å². The number of rotatable bonds is 5. The van der Waals surface area contributed by atoms with Gasteiger partial charge in [-0.15, -0.1) is 0 Å². The summed E-state index contributed by atoms with van der Waals surface area (Å²) >= 11 is 1.65. The lowest BCUT2D eigenvalue weighted by atomic mass is 10.1. The molecule has 1 aromatic heterocycles. The molecule has 0 aliphatic carbocycles. The number of nitrogens with one attached hydrogen (secondary N) is 1. The maximum absolute atomic E-state index is 12.9. The Morgan fingerprint density at radius 3 is 2.65 bits per heavy atom. The molecule has 2 aromatic rings. The Hall–Kier alpha value is -1.76. The number of nitrogens with zero attached hydrogens (tertiary/aromatic N) is 1. The smallest absolute Gasteiger partial charge is 0.251 e. The first kappa shape index (κ1) is 16.1. The predicted octanol–water partition coefficient (Wildman–Crippen LogP) is 2.69. The van der Waals surface area contributed by atoms with E-state index in [9.17, 15) is 9.18 Å². The summed E-state index contributed by atoms with van der Waals surface area (Å²) in [5.74, 6) is -0.524. The van der Waals surface area contributed by atoms with Crippen molar-refractivity contribution >= 4 is 17.2 Å². The molecule has 4 nitrogen and oxygen atoms in total. The van der Waals surface area contributed by atoms with Crippen LogP contribution in [0.15, 0.2) is 41.1 Å². The molecule has 2 heterocycles. The summed E-state index contributed by atoms with van der Waals surface area (Å²) in [5.41, 5.74) is 1.67. The average Bonchev–Trinajstić information content (AvgIpc) is 3.11. The SMILES string of the molecule is O=C(NC[C@@H](c1ccsc1)N1CCOCC1)c1ccc(F)cc1. The third kappa shape index (κ3) is 4.16. The monoisotopic (exact) mass is 334 g/mol. The van der Waals surface area contributed by atoms with Gasteiger partial charge in [0.2, 0.25) is 0 Å². The highest BCUT2D eigenvalue weighted by Crippen LogP contribution is 2.23. The van der Waals surface area contributed by atoms with Crippen LogP contribution in [0.4, 0.5) is 4.39 Å². The molecule has 3 rings (SSSR count). The first-order valence-electron chi connectivity index (χ1n) is 7.62. The standard InChI is InChI=1S/C17H19FN2O2S/c18-15-3-1-13(2-4-15)17(21)19-11-16(14-5-10-23-12-14)20-6-8-22-9-7-20/h1-5,10,12,16H,6-9,11H2,(H,19,21)/t16-/m0/s1. The molecule has 1 saturated heterocycles. The third-order valence-electron chi connectivity index (χ3n) is 3.98. The number of thiophene rings is 1. The number of carbonyl (C=O) groups excluding carboxylic acids is 1. The molecule has 1 N–H and O–H groups in total. The van der Waals surface area contributed by atoms with E-state index in [1.807, 2.05) is 5.38 Å². The Morgan fingerprint density at radius 1 is 1.26 bits per heavy atom. The van der Waals surface area contributed by atoms with Crippen LogP contribution in [0.1, 0.15) is 22.0 Å². The Balaban J connectivity index is 1.66. The van der Waals surface area contributed by atoms with Crippen LogP contribution in [-0.2, 0) is 4.74 Å². The van der Waals surface area contributed by atoms with Crippen molar-refractivity contribution < 1.29 is 13.9 Å². The topological polar surface area (TPSA) is 41.6 Å². The molecule has 0 saturated carbocycles. The van der Waals surface area contributed by atoms with Crippen molar-refractivity contribution in [3.63, 3.8) is 0 Å². The van der Waals surface area contributed by atoms with E-state index >= 15 is 0 Å². The van der Waals surface area contributed by atoms with Crippen LogP contribution in [0, 0.1) is 5.82 Å². The van der Waals surface area contributed by atoms with Gasteiger partial charge in [-0.1, -0.05) is 0 Å². The molecule has 1 amide bonds. The number of benzene rings is 1. The van der Waals surface area contributed by atoms with Crippen molar-refractivity contribution in [2.24, 2.45) is 0 Å². The van der Waals surface area contributed by atoms with E-state index in [4.69, 9.17) is 4.74 Å². The molecular formula is C17H19FN2O2S. The largest absolute Gasteiger partial charge is 0.379 e. The Kier molecular flexibility index (Phi) is 5.38. The molecule has 0 unspecified atom stereocenters. The summed E-state index contributed by atoms with van der Waals surface area (Å²) < 4.78 is 18.4. The third-order valence-corrected chi connectivity index (χ3v) is 4.68. The van der Waals surface area contributed by atoms with Crippen molar-refractivity contribution in [1.82, 2.24) is 10.2 Å². The zero-order chi connectivity index (χ0) is 16.1. The van der Waals surface area contributed by atoms with Crippen LogP contribution in [0.3, 0.4) is 0 Å². The van der Waals surface area contributed by atoms with E-state index in [2.05, 4.69) is 21.7 Å². The molecule has 1 atom stereocenters. The Bertz CT molecular complexity index is 625. The van der Waals surface area contributed by atoms with Gasteiger partial charge in [0.05, 0.1) is 19.3 Å². The molecule has 1 aliphatic heterocycles. The highest BCUT2D eigenvalue weighted by atomic mass is 32.1. The van der Waals surface area contributed by atoms with Crippen molar-refractivity contribution in [2.75, 3.05) is 32.8 Å². The fourth-order valence-corrected chi connectivity index (χ4v) is 3.41. The summed E-state index contributed by atoms with van der Waals surface area (Å²) in [6.45, 7) is 3.66. The van der Waals surface area contributed by atoms with Gasteiger partial charge in [0.15, 0.2) is 0 Å². The van der Waals surface area contributed by atoms with Crippen LogP contribution in [0.25, 0.3) is 0 Å². The maximum Gasteiger partial charge on any atom is 0.251 e. The summed E-state index contributed by atoms with van der Waals surface area (Å²) in [7, 11) is 0. The minimum absolute atomic E-state index is 0.134. The molecule has 23 heavy (non-hydrogen) atoms. The van der Waals surface area contributed by atoms with Gasteiger partial charge in [0, 0.05) is 25.2 Å². The van der Waals surface area contributed by atoms with Crippen molar-refractivity contribution in [2.45, 2.75) is 6.04 Å². The van der Waals surface area contributed by atoms with Gasteiger partial charge >= 0.3 is 0 Å². The zero-order valence-electron chi connectivity index (χ0n) is 12.7. The van der Waals surface area contributed by atoms with Gasteiger partial charge in [-0.05, 0) is 46.7 Å². The number of ether oxygens (including phenoxy) is 1. The Labute approximate surface area is 138 Å². The van der Waals surface area contributed by atoms with Gasteiger partial charge in [0.1, 0.15) is 5.82 Å². The number of hydrogen-bond acceptors (Lipinski definition) is 4. The number of halogens is 1. The minimum atomic E-state index is -0.342. The fourth-order valence-electron chi connectivity index (χ4n) is 2.70. The molecule has 1 aromatic carbocycles. The van der Waals surface area contributed by atoms with Crippen LogP contribution in [0.2, 0.25) is 0 Å². The van der Waals surface area contributed by atoms with Crippen molar-refractivity contribution in [1.29, 1.82) is 0 Å². The molecule has 1 fully saturated rings. The lowest BCUT2D eigenvalue weighted by Gasteiger charge is -2.34. The summed E-state index contributed by atoms with van der Waals surface area (Å²) in [4.78, 5) is 14.6. The normalized spacial score (nSPS) is 16.9. The van der Waals surface area contributed by atoms with Crippen molar-refractivity contribution in [3.05, 3.63) is 58.0 Å². The fraction of sp³-hybridized carbons (Fsp3) is 0.353. The summed E-state index contributed by atoms with van der Waals surface area (Å²) in [6.07, 6.45) is 0. The molecule has 0 bridgehead atoms. The van der Waals surface area contributed by atoms with Gasteiger partial charge in [-0.25, -0.2) is 4.39 Å². The molecule has 1 aliphatic rings. The van der Waals surface area contributed by atoms with Crippen molar-refractivity contribution in [3.8, 4) is 0 Å². The number of carbonyl (C=O) groups is 1. The van der Waals surface area contributed by atoms with Crippen LogP contribution in [0.5, 0.6) is 0 Å². The molecule has 0 spiro atoms. The number of amides is 1. The van der Waals surface area contributed by atoms with Crippen LogP contribution in [-0.4, -0.2) is 43.7 Å². The van der Waals surface area contributed by atoms with Gasteiger partial charge in [-0.2, -0.15) is 11.3 Å². The van der Waals surface area contributed by atoms with E-state index in [0.717, 1.165) is 13.1 Å². The van der Waals surface area contributed by atoms with Gasteiger partial charge in [-0.3, -0.25) is 9.69 Å². The van der Waals surface area contributed by atoms with Gasteiger partial charge in [0.25, 0.3) is 5.91 Å². The second-order valence-electron chi connectivity index (χ2n) is 5.44. The van der Waals surface area contributed by atoms with Gasteiger partial charge < -0.3 is 10.1 Å². The van der Waals surface area contributed by atoms with E-state index in [0.29, 0.717) is 25.3 Å². The molecule has 122 valence electrons. The predicted molar refractivity (Wildman–Crippen MR) is 88.2 cm³/mol. The molecular weight excluding hydrogens is 315 g/mol. The van der Waals surface area contributed by atoms with Crippen LogP contribution < -0.4 is 5.32 Å². The second kappa shape index (κ2) is 7.68. The zero-order valence-corrected chi connectivity index (χ0v) is 13.5. The minimum Gasteiger partial charge on any atom is -0.379 e. The Morgan fingerprint density at radius 2 is 2.00 bits per heavy atom. The highest BCUT2D eigenvalue weighted by Gasteiger charge is 2.23. The lowest BCUT2D eigenvalue weighted by molar-refractivity contribution is 0.0163. The molecule has 0 radical (unpaired) electrons.